The van der Waals surface area contributed by atoms with E-state index in [1.807, 2.05) is 38.2 Å². The summed E-state index contributed by atoms with van der Waals surface area (Å²) >= 11 is 3.47. The maximum atomic E-state index is 5.67. The van der Waals surface area contributed by atoms with E-state index in [4.69, 9.17) is 5.73 Å². The Bertz CT molecular complexity index is 569. The highest BCUT2D eigenvalue weighted by molar-refractivity contribution is 9.10. The van der Waals surface area contributed by atoms with Gasteiger partial charge in [-0.1, -0.05) is 24.3 Å². The SMILES string of the molecule is Cc1nc(N(C)Cc2cccc(CN)c2)ccc1Br. The molecule has 19 heavy (non-hydrogen) atoms. The number of nitrogens with two attached hydrogens (primary N) is 1. The zero-order valence-electron chi connectivity index (χ0n) is 11.2. The van der Waals surface area contributed by atoms with E-state index in [9.17, 15) is 0 Å². The van der Waals surface area contributed by atoms with Gasteiger partial charge in [0.15, 0.2) is 0 Å². The monoisotopic (exact) mass is 319 g/mol. The molecule has 1 heterocycles. The van der Waals surface area contributed by atoms with Crippen LogP contribution in [0.4, 0.5) is 5.82 Å². The van der Waals surface area contributed by atoms with E-state index in [1.54, 1.807) is 0 Å². The first-order valence-electron chi connectivity index (χ1n) is 6.22. The fourth-order valence-electron chi connectivity index (χ4n) is 1.95. The highest BCUT2D eigenvalue weighted by Gasteiger charge is 2.06. The third-order valence-electron chi connectivity index (χ3n) is 3.04. The van der Waals surface area contributed by atoms with Gasteiger partial charge in [-0.05, 0) is 46.1 Å². The summed E-state index contributed by atoms with van der Waals surface area (Å²) in [4.78, 5) is 6.70. The van der Waals surface area contributed by atoms with Crippen LogP contribution in [0.5, 0.6) is 0 Å². The Hall–Kier alpha value is -1.39. The topological polar surface area (TPSA) is 42.2 Å². The van der Waals surface area contributed by atoms with Crippen molar-refractivity contribution < 1.29 is 0 Å². The van der Waals surface area contributed by atoms with Gasteiger partial charge in [0.05, 0.1) is 5.69 Å². The number of hydrogen-bond acceptors (Lipinski definition) is 3. The number of pyridine rings is 1. The molecule has 0 saturated carbocycles. The third-order valence-corrected chi connectivity index (χ3v) is 3.88. The van der Waals surface area contributed by atoms with Crippen LogP contribution in [-0.2, 0) is 13.1 Å². The Morgan fingerprint density at radius 1 is 1.21 bits per heavy atom. The Kier molecular flexibility index (Phi) is 4.56. The van der Waals surface area contributed by atoms with Crippen LogP contribution in [0, 0.1) is 6.92 Å². The van der Waals surface area contributed by atoms with Crippen molar-refractivity contribution >= 4 is 21.7 Å². The predicted octanol–water partition coefficient (Wildman–Crippen LogP) is 3.25. The minimum absolute atomic E-state index is 0.577. The molecule has 100 valence electrons. The van der Waals surface area contributed by atoms with Crippen molar-refractivity contribution in [3.05, 3.63) is 57.7 Å². The summed E-state index contributed by atoms with van der Waals surface area (Å²) in [5, 5.41) is 0. The Morgan fingerprint density at radius 3 is 2.63 bits per heavy atom. The van der Waals surface area contributed by atoms with E-state index >= 15 is 0 Å². The molecule has 2 aromatic rings. The van der Waals surface area contributed by atoms with Crippen molar-refractivity contribution in [2.24, 2.45) is 5.73 Å². The smallest absolute Gasteiger partial charge is 0.128 e. The first-order valence-corrected chi connectivity index (χ1v) is 7.01. The molecule has 0 saturated heterocycles. The molecule has 0 radical (unpaired) electrons. The second kappa shape index (κ2) is 6.17. The lowest BCUT2D eigenvalue weighted by Gasteiger charge is -2.19. The second-order valence-corrected chi connectivity index (χ2v) is 5.47. The maximum Gasteiger partial charge on any atom is 0.128 e. The average Bonchev–Trinajstić information content (AvgIpc) is 2.42. The fraction of sp³-hybridized carbons (Fsp3) is 0.267. The summed E-state index contributed by atoms with van der Waals surface area (Å²) in [6, 6.07) is 12.4. The fourth-order valence-corrected chi connectivity index (χ4v) is 2.17. The van der Waals surface area contributed by atoms with E-state index in [1.165, 1.54) is 5.56 Å². The molecule has 2 N–H and O–H groups in total. The summed E-state index contributed by atoms with van der Waals surface area (Å²) in [6.45, 7) is 3.39. The van der Waals surface area contributed by atoms with Gasteiger partial charge in [0.1, 0.15) is 5.82 Å². The lowest BCUT2D eigenvalue weighted by molar-refractivity contribution is 0.887. The van der Waals surface area contributed by atoms with Gasteiger partial charge in [0.2, 0.25) is 0 Å². The molecule has 0 aliphatic heterocycles. The van der Waals surface area contributed by atoms with Crippen molar-refractivity contribution in [1.82, 2.24) is 4.98 Å². The number of nitrogens with zero attached hydrogens (tertiary/aromatic N) is 2. The molecule has 0 aliphatic carbocycles. The molecular weight excluding hydrogens is 302 g/mol. The molecule has 0 bridgehead atoms. The first kappa shape index (κ1) is 14.0. The van der Waals surface area contributed by atoms with Crippen LogP contribution in [0.3, 0.4) is 0 Å². The highest BCUT2D eigenvalue weighted by Crippen LogP contribution is 2.19. The molecule has 0 amide bonds. The van der Waals surface area contributed by atoms with Crippen LogP contribution in [0.1, 0.15) is 16.8 Å². The number of aryl methyl sites for hydroxylation is 1. The van der Waals surface area contributed by atoms with Crippen LogP contribution in [0.15, 0.2) is 40.9 Å². The number of benzene rings is 1. The molecule has 2 rings (SSSR count). The molecule has 0 atom stereocenters. The minimum Gasteiger partial charge on any atom is -0.355 e. The van der Waals surface area contributed by atoms with Crippen molar-refractivity contribution in [2.75, 3.05) is 11.9 Å². The Balaban J connectivity index is 2.15. The van der Waals surface area contributed by atoms with Crippen molar-refractivity contribution in [2.45, 2.75) is 20.0 Å². The summed E-state index contributed by atoms with van der Waals surface area (Å²) in [6.07, 6.45) is 0. The maximum absolute atomic E-state index is 5.67. The third kappa shape index (κ3) is 3.55. The minimum atomic E-state index is 0.577. The van der Waals surface area contributed by atoms with E-state index in [-0.39, 0.29) is 0 Å². The number of aromatic nitrogens is 1. The first-order chi connectivity index (χ1) is 9.10. The highest BCUT2D eigenvalue weighted by atomic mass is 79.9. The number of rotatable bonds is 4. The number of anilines is 1. The lowest BCUT2D eigenvalue weighted by atomic mass is 10.1. The van der Waals surface area contributed by atoms with E-state index in [0.717, 1.165) is 28.1 Å². The summed E-state index contributed by atoms with van der Waals surface area (Å²) in [7, 11) is 2.05. The van der Waals surface area contributed by atoms with Crippen LogP contribution < -0.4 is 10.6 Å². The molecule has 1 aromatic carbocycles. The molecule has 0 unspecified atom stereocenters. The zero-order chi connectivity index (χ0) is 13.8. The molecule has 0 spiro atoms. The van der Waals surface area contributed by atoms with Crippen LogP contribution in [0.2, 0.25) is 0 Å². The molecule has 0 fully saturated rings. The molecule has 0 aliphatic rings. The van der Waals surface area contributed by atoms with Crippen LogP contribution in [0.25, 0.3) is 0 Å². The summed E-state index contributed by atoms with van der Waals surface area (Å²) in [5.74, 6) is 0.971. The zero-order valence-corrected chi connectivity index (χ0v) is 12.8. The van der Waals surface area contributed by atoms with Gasteiger partial charge >= 0.3 is 0 Å². The largest absolute Gasteiger partial charge is 0.355 e. The molecule has 3 nitrogen and oxygen atoms in total. The molecular formula is C15H18BrN3. The average molecular weight is 320 g/mol. The number of halogens is 1. The summed E-state index contributed by atoms with van der Waals surface area (Å²) in [5.41, 5.74) is 9.07. The standard InChI is InChI=1S/C15H18BrN3/c1-11-14(16)6-7-15(18-11)19(2)10-13-5-3-4-12(8-13)9-17/h3-8H,9-10,17H2,1-2H3. The van der Waals surface area contributed by atoms with Crippen LogP contribution in [-0.4, -0.2) is 12.0 Å². The number of hydrogen-bond donors (Lipinski definition) is 1. The van der Waals surface area contributed by atoms with E-state index < -0.39 is 0 Å². The Labute approximate surface area is 122 Å². The lowest BCUT2D eigenvalue weighted by Crippen LogP contribution is -2.18. The van der Waals surface area contributed by atoms with Gasteiger partial charge in [-0.15, -0.1) is 0 Å². The molecule has 1 aromatic heterocycles. The van der Waals surface area contributed by atoms with Gasteiger partial charge < -0.3 is 10.6 Å². The predicted molar refractivity (Wildman–Crippen MR) is 83.1 cm³/mol. The van der Waals surface area contributed by atoms with E-state index in [2.05, 4.69) is 37.9 Å². The quantitative estimate of drug-likeness (QED) is 0.940. The van der Waals surface area contributed by atoms with E-state index in [0.29, 0.717) is 6.54 Å². The Morgan fingerprint density at radius 2 is 1.95 bits per heavy atom. The van der Waals surface area contributed by atoms with Crippen molar-refractivity contribution in [1.29, 1.82) is 0 Å². The molecule has 4 heteroatoms. The van der Waals surface area contributed by atoms with Crippen LogP contribution >= 0.6 is 15.9 Å². The van der Waals surface area contributed by atoms with Gasteiger partial charge in [-0.3, -0.25) is 0 Å². The van der Waals surface area contributed by atoms with Crippen molar-refractivity contribution in [3.63, 3.8) is 0 Å². The van der Waals surface area contributed by atoms with Gasteiger partial charge in [0.25, 0.3) is 0 Å². The van der Waals surface area contributed by atoms with Gasteiger partial charge in [0, 0.05) is 24.6 Å². The van der Waals surface area contributed by atoms with Crippen molar-refractivity contribution in [3.8, 4) is 0 Å². The normalized spacial score (nSPS) is 10.5. The van der Waals surface area contributed by atoms with Gasteiger partial charge in [-0.2, -0.15) is 0 Å². The summed E-state index contributed by atoms with van der Waals surface area (Å²) < 4.78 is 1.04. The van der Waals surface area contributed by atoms with Gasteiger partial charge in [-0.25, -0.2) is 4.98 Å². The second-order valence-electron chi connectivity index (χ2n) is 4.62.